The van der Waals surface area contributed by atoms with Crippen LogP contribution < -0.4 is 20.1 Å². The summed E-state index contributed by atoms with van der Waals surface area (Å²) in [5.41, 5.74) is 1.47. The predicted octanol–water partition coefficient (Wildman–Crippen LogP) is 2.95. The zero-order valence-corrected chi connectivity index (χ0v) is 14.7. The first kappa shape index (κ1) is 17.4. The molecule has 1 aromatic carbocycles. The van der Waals surface area contributed by atoms with Gasteiger partial charge in [-0.05, 0) is 30.4 Å². The largest absolute Gasteiger partial charge is 0.497 e. The highest BCUT2D eigenvalue weighted by molar-refractivity contribution is 5.79. The maximum Gasteiger partial charge on any atom is 0.191 e. The fourth-order valence-electron chi connectivity index (χ4n) is 3.10. The summed E-state index contributed by atoms with van der Waals surface area (Å²) < 4.78 is 10.7. The number of ether oxygens (including phenoxy) is 2. The molecule has 128 valence electrons. The Balaban J connectivity index is 1.90. The molecule has 0 bridgehead atoms. The Morgan fingerprint density at radius 2 is 1.91 bits per heavy atom. The van der Waals surface area contributed by atoms with E-state index in [0.29, 0.717) is 12.0 Å². The van der Waals surface area contributed by atoms with E-state index in [1.165, 1.54) is 25.7 Å². The molecular formula is C18H29N3O2. The minimum atomic E-state index is 0.398. The van der Waals surface area contributed by atoms with Crippen LogP contribution >= 0.6 is 0 Å². The normalized spacial score (nSPS) is 17.0. The molecule has 0 radical (unpaired) electrons. The second-order valence-corrected chi connectivity index (χ2v) is 6.47. The highest BCUT2D eigenvalue weighted by atomic mass is 16.5. The Kier molecular flexibility index (Phi) is 6.13. The van der Waals surface area contributed by atoms with E-state index < -0.39 is 0 Å². The Labute approximate surface area is 139 Å². The third-order valence-electron chi connectivity index (χ3n) is 4.66. The number of hydrogen-bond acceptors (Lipinski definition) is 3. The number of nitrogens with one attached hydrogen (secondary N) is 2. The molecule has 0 aliphatic heterocycles. The number of guanidine groups is 1. The minimum Gasteiger partial charge on any atom is -0.497 e. The summed E-state index contributed by atoms with van der Waals surface area (Å²) in [5, 5.41) is 6.81. The van der Waals surface area contributed by atoms with Gasteiger partial charge >= 0.3 is 0 Å². The predicted molar refractivity (Wildman–Crippen MR) is 94.3 cm³/mol. The van der Waals surface area contributed by atoms with Gasteiger partial charge in [-0.25, -0.2) is 0 Å². The van der Waals surface area contributed by atoms with Gasteiger partial charge < -0.3 is 20.1 Å². The summed E-state index contributed by atoms with van der Waals surface area (Å²) in [6.07, 6.45) is 5.27. The zero-order valence-electron chi connectivity index (χ0n) is 14.7. The Morgan fingerprint density at radius 1 is 1.17 bits per heavy atom. The molecule has 1 saturated carbocycles. The van der Waals surface area contributed by atoms with Crippen molar-refractivity contribution in [1.29, 1.82) is 0 Å². The van der Waals surface area contributed by atoms with E-state index in [0.717, 1.165) is 29.6 Å². The van der Waals surface area contributed by atoms with E-state index in [1.807, 2.05) is 18.2 Å². The second-order valence-electron chi connectivity index (χ2n) is 6.47. The molecule has 0 aromatic heterocycles. The van der Waals surface area contributed by atoms with Gasteiger partial charge in [-0.3, -0.25) is 4.99 Å². The van der Waals surface area contributed by atoms with Crippen LogP contribution in [0.2, 0.25) is 0 Å². The van der Waals surface area contributed by atoms with Gasteiger partial charge in [0, 0.05) is 31.8 Å². The molecule has 2 N–H and O–H groups in total. The number of rotatable bonds is 6. The van der Waals surface area contributed by atoms with Crippen LogP contribution in [0.1, 0.15) is 38.2 Å². The summed E-state index contributed by atoms with van der Waals surface area (Å²) in [4.78, 5) is 4.31. The Hall–Kier alpha value is -1.91. The monoisotopic (exact) mass is 319 g/mol. The average Bonchev–Trinajstić information content (AvgIpc) is 3.01. The summed E-state index contributed by atoms with van der Waals surface area (Å²) in [6, 6.07) is 5.85. The van der Waals surface area contributed by atoms with Gasteiger partial charge in [0.25, 0.3) is 0 Å². The maximum absolute atomic E-state index is 5.43. The Bertz CT molecular complexity index is 537. The van der Waals surface area contributed by atoms with Crippen LogP contribution in [0.4, 0.5) is 0 Å². The third kappa shape index (κ3) is 4.78. The zero-order chi connectivity index (χ0) is 16.7. The van der Waals surface area contributed by atoms with Gasteiger partial charge in [-0.2, -0.15) is 0 Å². The number of aliphatic imine (C=N–C) groups is 1. The molecule has 1 aliphatic rings. The third-order valence-corrected chi connectivity index (χ3v) is 4.66. The lowest BCUT2D eigenvalue weighted by molar-refractivity contribution is 0.334. The standard InChI is InChI=1S/C18H29N3O2/c1-18(9-5-6-10-18)13-21-17(19-2)20-12-14-7-8-15(22-3)11-16(14)23-4/h7-8,11H,5-6,9-10,12-13H2,1-4H3,(H2,19,20,21). The molecule has 23 heavy (non-hydrogen) atoms. The molecule has 0 unspecified atom stereocenters. The van der Waals surface area contributed by atoms with Crippen molar-refractivity contribution in [3.05, 3.63) is 23.8 Å². The number of methoxy groups -OCH3 is 2. The van der Waals surface area contributed by atoms with Crippen molar-refractivity contribution in [3.63, 3.8) is 0 Å². The molecule has 0 spiro atoms. The lowest BCUT2D eigenvalue weighted by Crippen LogP contribution is -2.41. The summed E-state index contributed by atoms with van der Waals surface area (Å²) in [6.45, 7) is 3.97. The highest BCUT2D eigenvalue weighted by Crippen LogP contribution is 2.36. The van der Waals surface area contributed by atoms with Crippen LogP contribution in [-0.2, 0) is 6.54 Å². The fourth-order valence-corrected chi connectivity index (χ4v) is 3.10. The van der Waals surface area contributed by atoms with Gasteiger partial charge in [0.05, 0.1) is 14.2 Å². The molecule has 1 aliphatic carbocycles. The van der Waals surface area contributed by atoms with E-state index in [-0.39, 0.29) is 0 Å². The van der Waals surface area contributed by atoms with Crippen molar-refractivity contribution in [2.24, 2.45) is 10.4 Å². The van der Waals surface area contributed by atoms with Crippen LogP contribution in [-0.4, -0.2) is 33.8 Å². The summed E-state index contributed by atoms with van der Waals surface area (Å²) in [7, 11) is 5.13. The topological polar surface area (TPSA) is 54.9 Å². The van der Waals surface area contributed by atoms with Crippen LogP contribution in [0.25, 0.3) is 0 Å². The van der Waals surface area contributed by atoms with Crippen LogP contribution in [0.5, 0.6) is 11.5 Å². The molecule has 0 saturated heterocycles. The van der Waals surface area contributed by atoms with E-state index in [1.54, 1.807) is 21.3 Å². The van der Waals surface area contributed by atoms with Crippen molar-refractivity contribution in [3.8, 4) is 11.5 Å². The van der Waals surface area contributed by atoms with Gasteiger partial charge in [0.1, 0.15) is 11.5 Å². The molecule has 1 fully saturated rings. The summed E-state index contributed by atoms with van der Waals surface area (Å²) >= 11 is 0. The first-order valence-electron chi connectivity index (χ1n) is 8.25. The molecule has 2 rings (SSSR count). The first-order chi connectivity index (χ1) is 11.1. The molecule has 1 aromatic rings. The van der Waals surface area contributed by atoms with Crippen molar-refractivity contribution < 1.29 is 9.47 Å². The molecule has 0 amide bonds. The van der Waals surface area contributed by atoms with E-state index >= 15 is 0 Å². The van der Waals surface area contributed by atoms with Crippen LogP contribution in [0.3, 0.4) is 0 Å². The Morgan fingerprint density at radius 3 is 2.52 bits per heavy atom. The molecular weight excluding hydrogens is 290 g/mol. The lowest BCUT2D eigenvalue weighted by Gasteiger charge is -2.25. The van der Waals surface area contributed by atoms with Crippen LogP contribution in [0, 0.1) is 5.41 Å². The molecule has 5 heteroatoms. The van der Waals surface area contributed by atoms with E-state index in [9.17, 15) is 0 Å². The van der Waals surface area contributed by atoms with Gasteiger partial charge in [0.15, 0.2) is 5.96 Å². The smallest absolute Gasteiger partial charge is 0.191 e. The fraction of sp³-hybridized carbons (Fsp3) is 0.611. The SMILES string of the molecule is CN=C(NCc1ccc(OC)cc1OC)NCC1(C)CCCC1. The quantitative estimate of drug-likeness (QED) is 0.625. The molecule has 0 atom stereocenters. The molecule has 0 heterocycles. The number of benzene rings is 1. The average molecular weight is 319 g/mol. The van der Waals surface area contributed by atoms with Crippen molar-refractivity contribution >= 4 is 5.96 Å². The van der Waals surface area contributed by atoms with Crippen molar-refractivity contribution in [1.82, 2.24) is 10.6 Å². The van der Waals surface area contributed by atoms with Crippen molar-refractivity contribution in [2.75, 3.05) is 27.8 Å². The maximum atomic E-state index is 5.43. The van der Waals surface area contributed by atoms with Crippen molar-refractivity contribution in [2.45, 2.75) is 39.2 Å². The first-order valence-corrected chi connectivity index (χ1v) is 8.25. The lowest BCUT2D eigenvalue weighted by atomic mass is 9.89. The summed E-state index contributed by atoms with van der Waals surface area (Å²) in [5.74, 6) is 2.44. The highest BCUT2D eigenvalue weighted by Gasteiger charge is 2.28. The van der Waals surface area contributed by atoms with Gasteiger partial charge in [-0.1, -0.05) is 19.8 Å². The number of nitrogens with zero attached hydrogens (tertiary/aromatic N) is 1. The number of hydrogen-bond donors (Lipinski definition) is 2. The van der Waals surface area contributed by atoms with Crippen LogP contribution in [0.15, 0.2) is 23.2 Å². The van der Waals surface area contributed by atoms with E-state index in [4.69, 9.17) is 9.47 Å². The minimum absolute atomic E-state index is 0.398. The second kappa shape index (κ2) is 8.09. The van der Waals surface area contributed by atoms with Gasteiger partial charge in [-0.15, -0.1) is 0 Å². The van der Waals surface area contributed by atoms with E-state index in [2.05, 4.69) is 22.5 Å². The molecule has 5 nitrogen and oxygen atoms in total. The van der Waals surface area contributed by atoms with Gasteiger partial charge in [0.2, 0.25) is 0 Å².